The van der Waals surface area contributed by atoms with E-state index in [1.165, 1.54) is 34.4 Å². The molecule has 1 aromatic carbocycles. The van der Waals surface area contributed by atoms with Crippen LogP contribution in [0.15, 0.2) is 28.6 Å². The second-order valence-electron chi connectivity index (χ2n) is 8.03. The lowest BCUT2D eigenvalue weighted by Crippen LogP contribution is -2.23. The fourth-order valence-corrected chi connectivity index (χ4v) is 6.96. The molecule has 1 unspecified atom stereocenters. The molecule has 11 heteroatoms. The summed E-state index contributed by atoms with van der Waals surface area (Å²) >= 11 is 3.92. The van der Waals surface area contributed by atoms with Crippen LogP contribution in [0.1, 0.15) is 63.4 Å². The summed E-state index contributed by atoms with van der Waals surface area (Å²) < 4.78 is 5.82. The number of fused-ring (bicyclic) bond motifs is 1. The van der Waals surface area contributed by atoms with Gasteiger partial charge in [0.15, 0.2) is 4.34 Å². The Bertz CT molecular complexity index is 1250. The van der Waals surface area contributed by atoms with Gasteiger partial charge in [-0.2, -0.15) is 0 Å². The van der Waals surface area contributed by atoms with E-state index in [0.717, 1.165) is 41.7 Å². The summed E-state index contributed by atoms with van der Waals surface area (Å²) in [5.74, 6) is -0.879. The third-order valence-corrected chi connectivity index (χ3v) is 8.78. The van der Waals surface area contributed by atoms with E-state index in [0.29, 0.717) is 25.6 Å². The van der Waals surface area contributed by atoms with Gasteiger partial charge in [0.1, 0.15) is 5.00 Å². The molecule has 8 nitrogen and oxygen atoms in total. The second kappa shape index (κ2) is 11.3. The van der Waals surface area contributed by atoms with Crippen LogP contribution in [0.3, 0.4) is 0 Å². The van der Waals surface area contributed by atoms with E-state index < -0.39 is 5.25 Å². The second-order valence-corrected chi connectivity index (χ2v) is 11.7. The van der Waals surface area contributed by atoms with E-state index in [9.17, 15) is 14.4 Å². The highest BCUT2D eigenvalue weighted by molar-refractivity contribution is 8.02. The normalized spacial score (nSPS) is 13.6. The molecule has 0 fully saturated rings. The number of ether oxygens (including phenoxy) is 1. The zero-order valence-corrected chi connectivity index (χ0v) is 22.1. The molecule has 0 radical (unpaired) electrons. The van der Waals surface area contributed by atoms with E-state index in [-0.39, 0.29) is 24.4 Å². The summed E-state index contributed by atoms with van der Waals surface area (Å²) in [5.41, 5.74) is 2.94. The van der Waals surface area contributed by atoms with Gasteiger partial charge in [0.2, 0.25) is 11.0 Å². The summed E-state index contributed by atoms with van der Waals surface area (Å²) in [6, 6.07) is 7.30. The number of esters is 1. The number of hydrogen-bond acceptors (Lipinski definition) is 9. The topological polar surface area (TPSA) is 110 Å². The van der Waals surface area contributed by atoms with Crippen molar-refractivity contribution in [1.29, 1.82) is 0 Å². The number of amides is 2. The van der Waals surface area contributed by atoms with Crippen molar-refractivity contribution in [2.75, 3.05) is 17.2 Å². The minimum absolute atomic E-state index is 0.236. The van der Waals surface area contributed by atoms with Crippen molar-refractivity contribution < 1.29 is 19.1 Å². The molecule has 1 atom stereocenters. The Kier molecular flexibility index (Phi) is 8.19. The molecule has 2 heterocycles. The highest BCUT2D eigenvalue weighted by atomic mass is 32.2. The number of thioether (sulfide) groups is 1. The number of benzene rings is 1. The Hall–Kier alpha value is -2.76. The maximum Gasteiger partial charge on any atom is 0.341 e. The monoisotopic (exact) mass is 530 g/mol. The lowest BCUT2D eigenvalue weighted by atomic mass is 9.95. The Morgan fingerprint density at radius 3 is 2.66 bits per heavy atom. The van der Waals surface area contributed by atoms with Crippen LogP contribution in [0.5, 0.6) is 0 Å². The standard InChI is InChI=1S/C24H26N4O4S3/c1-4-32-22(31)18-16-11-7-8-12-17(16)34-21(18)25-19(29)14(3)33-24-28-27-23(35-24)26-20(30)15-10-6-5-9-13(15)2/h5-6,9-10,14H,4,7-8,11-12H2,1-3H3,(H,25,29)(H,26,27,30). The summed E-state index contributed by atoms with van der Waals surface area (Å²) in [7, 11) is 0. The van der Waals surface area contributed by atoms with Gasteiger partial charge in [-0.1, -0.05) is 41.3 Å². The highest BCUT2D eigenvalue weighted by Crippen LogP contribution is 2.39. The van der Waals surface area contributed by atoms with Crippen LogP contribution in [-0.2, 0) is 22.4 Å². The molecule has 2 amide bonds. The number of aromatic nitrogens is 2. The van der Waals surface area contributed by atoms with E-state index in [1.54, 1.807) is 26.0 Å². The minimum atomic E-state index is -0.489. The third kappa shape index (κ3) is 5.91. The van der Waals surface area contributed by atoms with Crippen LogP contribution in [0.2, 0.25) is 0 Å². The quantitative estimate of drug-likeness (QED) is 0.230. The first-order chi connectivity index (χ1) is 16.9. The van der Waals surface area contributed by atoms with Gasteiger partial charge >= 0.3 is 5.97 Å². The van der Waals surface area contributed by atoms with Crippen LogP contribution < -0.4 is 10.6 Å². The molecule has 0 aliphatic heterocycles. The van der Waals surface area contributed by atoms with Gasteiger partial charge in [-0.25, -0.2) is 4.79 Å². The number of hydrogen-bond donors (Lipinski definition) is 2. The van der Waals surface area contributed by atoms with Crippen molar-refractivity contribution in [2.24, 2.45) is 0 Å². The zero-order chi connectivity index (χ0) is 24.9. The molecule has 2 aromatic heterocycles. The molecular weight excluding hydrogens is 504 g/mol. The Morgan fingerprint density at radius 1 is 1.11 bits per heavy atom. The molecular formula is C24H26N4O4S3. The molecule has 1 aliphatic rings. The van der Waals surface area contributed by atoms with E-state index in [1.807, 2.05) is 19.1 Å². The molecule has 0 saturated heterocycles. The lowest BCUT2D eigenvalue weighted by molar-refractivity contribution is -0.115. The number of nitrogens with one attached hydrogen (secondary N) is 2. The van der Waals surface area contributed by atoms with Crippen molar-refractivity contribution >= 4 is 62.4 Å². The number of rotatable bonds is 8. The van der Waals surface area contributed by atoms with Crippen molar-refractivity contribution in [3.8, 4) is 0 Å². The molecule has 184 valence electrons. The van der Waals surface area contributed by atoms with E-state index in [2.05, 4.69) is 20.8 Å². The van der Waals surface area contributed by atoms with E-state index in [4.69, 9.17) is 4.74 Å². The zero-order valence-electron chi connectivity index (χ0n) is 19.7. The summed E-state index contributed by atoms with van der Waals surface area (Å²) in [4.78, 5) is 39.3. The largest absolute Gasteiger partial charge is 0.462 e. The average molecular weight is 531 g/mol. The smallest absolute Gasteiger partial charge is 0.341 e. The van der Waals surface area contributed by atoms with Gasteiger partial charge in [0.25, 0.3) is 5.91 Å². The predicted octanol–water partition coefficient (Wildman–Crippen LogP) is 5.34. The van der Waals surface area contributed by atoms with Gasteiger partial charge in [0.05, 0.1) is 17.4 Å². The number of anilines is 2. The fraction of sp³-hybridized carbons (Fsp3) is 0.375. The molecule has 4 rings (SSSR count). The maximum absolute atomic E-state index is 13.0. The van der Waals surface area contributed by atoms with Crippen LogP contribution >= 0.6 is 34.4 Å². The van der Waals surface area contributed by atoms with Crippen LogP contribution in [0, 0.1) is 6.92 Å². The fourth-order valence-electron chi connectivity index (χ4n) is 3.79. The van der Waals surface area contributed by atoms with Gasteiger partial charge < -0.3 is 10.1 Å². The Labute approximate surface area is 215 Å². The lowest BCUT2D eigenvalue weighted by Gasteiger charge is -2.13. The first-order valence-electron chi connectivity index (χ1n) is 11.4. The summed E-state index contributed by atoms with van der Waals surface area (Å²) in [5, 5.41) is 14.3. The van der Waals surface area contributed by atoms with Crippen molar-refractivity contribution in [3.63, 3.8) is 0 Å². The molecule has 0 spiro atoms. The van der Waals surface area contributed by atoms with Crippen LogP contribution in [0.4, 0.5) is 10.1 Å². The molecule has 35 heavy (non-hydrogen) atoms. The van der Waals surface area contributed by atoms with Gasteiger partial charge in [-0.15, -0.1) is 21.5 Å². The molecule has 0 bridgehead atoms. The molecule has 2 N–H and O–H groups in total. The first-order valence-corrected chi connectivity index (χ1v) is 13.9. The number of nitrogens with zero attached hydrogens (tertiary/aromatic N) is 2. The van der Waals surface area contributed by atoms with Crippen molar-refractivity contribution in [3.05, 3.63) is 51.4 Å². The van der Waals surface area contributed by atoms with Crippen LogP contribution in [-0.4, -0.2) is 39.8 Å². The van der Waals surface area contributed by atoms with Crippen LogP contribution in [0.25, 0.3) is 0 Å². The third-order valence-electron chi connectivity index (χ3n) is 5.55. The number of carbonyl (C=O) groups is 3. The summed E-state index contributed by atoms with van der Waals surface area (Å²) in [6.45, 7) is 5.69. The van der Waals surface area contributed by atoms with Gasteiger partial charge in [-0.05, 0) is 63.6 Å². The molecule has 0 saturated carbocycles. The minimum Gasteiger partial charge on any atom is -0.462 e. The SMILES string of the molecule is CCOC(=O)c1c(NC(=O)C(C)Sc2nnc(NC(=O)c3ccccc3C)s2)sc2c1CCCC2. The Morgan fingerprint density at radius 2 is 1.89 bits per heavy atom. The number of aryl methyl sites for hydroxylation is 2. The molecule has 1 aliphatic carbocycles. The maximum atomic E-state index is 13.0. The number of carbonyl (C=O) groups excluding carboxylic acids is 3. The Balaban J connectivity index is 1.41. The van der Waals surface area contributed by atoms with Gasteiger partial charge in [-0.3, -0.25) is 14.9 Å². The van der Waals surface area contributed by atoms with E-state index >= 15 is 0 Å². The van der Waals surface area contributed by atoms with Gasteiger partial charge in [0, 0.05) is 10.4 Å². The number of thiophene rings is 1. The summed E-state index contributed by atoms with van der Waals surface area (Å²) in [6.07, 6.45) is 3.83. The predicted molar refractivity (Wildman–Crippen MR) is 140 cm³/mol. The molecule has 3 aromatic rings. The highest BCUT2D eigenvalue weighted by Gasteiger charge is 2.28. The van der Waals surface area contributed by atoms with Crippen molar-refractivity contribution in [1.82, 2.24) is 10.2 Å². The average Bonchev–Trinajstić information content (AvgIpc) is 3.42. The first kappa shape index (κ1) is 25.3. The van der Waals surface area contributed by atoms with Crippen molar-refractivity contribution in [2.45, 2.75) is 56.0 Å².